The third-order valence-electron chi connectivity index (χ3n) is 3.61. The van der Waals surface area contributed by atoms with Gasteiger partial charge in [0.25, 0.3) is 0 Å². The van der Waals surface area contributed by atoms with Crippen LogP contribution in [0.5, 0.6) is 0 Å². The summed E-state index contributed by atoms with van der Waals surface area (Å²) < 4.78 is 0. The Bertz CT molecular complexity index is 654. The van der Waals surface area contributed by atoms with E-state index in [4.69, 9.17) is 0 Å². The van der Waals surface area contributed by atoms with Gasteiger partial charge < -0.3 is 5.11 Å². The van der Waals surface area contributed by atoms with Crippen molar-refractivity contribution < 1.29 is 5.11 Å². The summed E-state index contributed by atoms with van der Waals surface area (Å²) in [6, 6.07) is 0. The Morgan fingerprint density at radius 3 is 2.77 bits per heavy atom. The molecule has 0 fully saturated rings. The van der Waals surface area contributed by atoms with Crippen LogP contribution in [0.1, 0.15) is 13.8 Å². The average Bonchev–Trinajstić information content (AvgIpc) is 2.53. The van der Waals surface area contributed by atoms with E-state index in [1.165, 1.54) is 0 Å². The lowest BCUT2D eigenvalue weighted by Crippen LogP contribution is -2.11. The largest absolute Gasteiger partial charge is 0.507 e. The Balaban J connectivity index is 2.63. The topological polar surface area (TPSA) is 45.0 Å². The predicted octanol–water partition coefficient (Wildman–Crippen LogP) is 4.31. The van der Waals surface area contributed by atoms with Gasteiger partial charge in [-0.3, -0.25) is 9.98 Å². The molecular weight excluding hydrogens is 272 g/mol. The van der Waals surface area contributed by atoms with E-state index < -0.39 is 0 Å². The van der Waals surface area contributed by atoms with E-state index in [0.717, 1.165) is 22.3 Å². The number of dihydropyridines is 1. The van der Waals surface area contributed by atoms with Gasteiger partial charge in [-0.15, -0.1) is 0 Å². The summed E-state index contributed by atoms with van der Waals surface area (Å²) in [6.07, 6.45) is 13.0. The van der Waals surface area contributed by atoms with Crippen molar-refractivity contribution in [3.05, 3.63) is 77.1 Å². The molecule has 22 heavy (non-hydrogen) atoms. The highest BCUT2D eigenvalue weighted by atomic mass is 16.3. The van der Waals surface area contributed by atoms with E-state index in [1.807, 2.05) is 24.6 Å². The van der Waals surface area contributed by atoms with Crippen LogP contribution < -0.4 is 0 Å². The summed E-state index contributed by atoms with van der Waals surface area (Å²) >= 11 is 0. The second-order valence-corrected chi connectivity index (χ2v) is 5.44. The lowest BCUT2D eigenvalue weighted by molar-refractivity contribution is 0.419. The third kappa shape index (κ3) is 3.25. The molecule has 3 nitrogen and oxygen atoms in total. The number of aliphatic hydroxyl groups is 1. The first-order valence-corrected chi connectivity index (χ1v) is 7.28. The van der Waals surface area contributed by atoms with Crippen LogP contribution >= 0.6 is 0 Å². The highest BCUT2D eigenvalue weighted by molar-refractivity contribution is 5.87. The highest BCUT2D eigenvalue weighted by Gasteiger charge is 2.23. The molecule has 0 bridgehead atoms. The molecule has 2 rings (SSSR count). The Morgan fingerprint density at radius 1 is 1.45 bits per heavy atom. The maximum absolute atomic E-state index is 10.7. The molecular formula is C19H21N2O. The van der Waals surface area contributed by atoms with Gasteiger partial charge in [-0.25, -0.2) is 0 Å². The molecule has 0 aromatic carbocycles. The normalized spacial score (nSPS) is 22.1. The second-order valence-electron chi connectivity index (χ2n) is 5.44. The molecule has 0 unspecified atom stereocenters. The number of allylic oxidation sites excluding steroid dienone is 7. The van der Waals surface area contributed by atoms with Gasteiger partial charge in [-0.2, -0.15) is 0 Å². The summed E-state index contributed by atoms with van der Waals surface area (Å²) in [4.78, 5) is 8.06. The van der Waals surface area contributed by atoms with Crippen LogP contribution in [0.4, 0.5) is 0 Å². The first-order valence-electron chi connectivity index (χ1n) is 7.28. The van der Waals surface area contributed by atoms with Crippen molar-refractivity contribution >= 4 is 12.9 Å². The van der Waals surface area contributed by atoms with Crippen LogP contribution in [0.15, 0.2) is 80.7 Å². The maximum Gasteiger partial charge on any atom is 0.127 e. The molecule has 0 aromatic rings. The zero-order valence-corrected chi connectivity index (χ0v) is 13.1. The van der Waals surface area contributed by atoms with Crippen molar-refractivity contribution in [3.63, 3.8) is 0 Å². The van der Waals surface area contributed by atoms with E-state index >= 15 is 0 Å². The van der Waals surface area contributed by atoms with Gasteiger partial charge >= 0.3 is 0 Å². The van der Waals surface area contributed by atoms with Crippen molar-refractivity contribution in [3.8, 4) is 0 Å². The SMILES string of the molecule is C=C/C(=C\N=C)C1=C(O)/C(=C2/C=CCN=C2)C=C(C(C)C)[CH]1. The minimum absolute atomic E-state index is 0.215. The van der Waals surface area contributed by atoms with Crippen molar-refractivity contribution in [2.45, 2.75) is 13.8 Å². The lowest BCUT2D eigenvalue weighted by Gasteiger charge is -2.23. The molecule has 0 atom stereocenters. The van der Waals surface area contributed by atoms with Crippen LogP contribution in [0.3, 0.4) is 0 Å². The van der Waals surface area contributed by atoms with E-state index in [9.17, 15) is 5.11 Å². The van der Waals surface area contributed by atoms with Crippen molar-refractivity contribution in [1.29, 1.82) is 0 Å². The Hall–Kier alpha value is -2.42. The Kier molecular flexibility index (Phi) is 5.10. The predicted molar refractivity (Wildman–Crippen MR) is 94.2 cm³/mol. The molecule has 1 aliphatic heterocycles. The fraction of sp³-hybridized carbons (Fsp3) is 0.211. The van der Waals surface area contributed by atoms with Gasteiger partial charge in [0, 0.05) is 35.6 Å². The first kappa shape index (κ1) is 16.0. The van der Waals surface area contributed by atoms with E-state index in [0.29, 0.717) is 18.0 Å². The summed E-state index contributed by atoms with van der Waals surface area (Å²) in [5.74, 6) is 0.554. The summed E-state index contributed by atoms with van der Waals surface area (Å²) in [5.41, 5.74) is 4.27. The second kappa shape index (κ2) is 7.03. The summed E-state index contributed by atoms with van der Waals surface area (Å²) in [7, 11) is 0. The molecule has 3 heteroatoms. The zero-order valence-electron chi connectivity index (χ0n) is 13.1. The molecule has 1 N–H and O–H groups in total. The van der Waals surface area contributed by atoms with Gasteiger partial charge in [0.1, 0.15) is 5.76 Å². The van der Waals surface area contributed by atoms with Crippen molar-refractivity contribution in [2.75, 3.05) is 6.54 Å². The molecule has 1 heterocycles. The molecule has 1 aliphatic carbocycles. The van der Waals surface area contributed by atoms with Gasteiger partial charge in [-0.05, 0) is 18.2 Å². The molecule has 0 spiro atoms. The fourth-order valence-electron chi connectivity index (χ4n) is 2.35. The Labute approximate surface area is 132 Å². The molecule has 113 valence electrons. The van der Waals surface area contributed by atoms with Gasteiger partial charge in [0.05, 0.1) is 6.54 Å². The molecule has 0 saturated heterocycles. The number of hydrogen-bond acceptors (Lipinski definition) is 3. The number of hydrogen-bond donors (Lipinski definition) is 1. The van der Waals surface area contributed by atoms with Crippen LogP contribution in [0.2, 0.25) is 0 Å². The van der Waals surface area contributed by atoms with Gasteiger partial charge in [0.2, 0.25) is 0 Å². The van der Waals surface area contributed by atoms with E-state index in [2.05, 4.69) is 37.1 Å². The van der Waals surface area contributed by atoms with E-state index in [1.54, 1.807) is 18.5 Å². The monoisotopic (exact) mass is 293 g/mol. The zero-order chi connectivity index (χ0) is 16.1. The third-order valence-corrected chi connectivity index (χ3v) is 3.61. The highest BCUT2D eigenvalue weighted by Crippen LogP contribution is 2.35. The van der Waals surface area contributed by atoms with Crippen LogP contribution in [-0.2, 0) is 0 Å². The average molecular weight is 293 g/mol. The molecule has 0 saturated carbocycles. The van der Waals surface area contributed by atoms with Crippen LogP contribution in [-0.4, -0.2) is 24.6 Å². The maximum atomic E-state index is 10.7. The lowest BCUT2D eigenvalue weighted by atomic mass is 9.83. The van der Waals surface area contributed by atoms with Crippen molar-refractivity contribution in [2.24, 2.45) is 15.9 Å². The standard InChI is InChI=1S/C19H21N2O/c1-5-14(11-20-4)17-9-16(13(2)3)10-18(19(17)22)15-7-6-8-21-12-15/h5-7,9-13,22H,1,4,8H2,2-3H3/b14-11+,18-15-. The molecule has 0 aromatic heterocycles. The molecule has 0 amide bonds. The fourth-order valence-corrected chi connectivity index (χ4v) is 2.35. The minimum Gasteiger partial charge on any atom is -0.507 e. The summed E-state index contributed by atoms with van der Waals surface area (Å²) in [6.45, 7) is 12.2. The minimum atomic E-state index is 0.215. The number of aliphatic hydroxyl groups excluding tert-OH is 1. The van der Waals surface area contributed by atoms with E-state index in [-0.39, 0.29) is 5.76 Å². The smallest absolute Gasteiger partial charge is 0.127 e. The quantitative estimate of drug-likeness (QED) is 0.609. The van der Waals surface area contributed by atoms with Crippen LogP contribution in [0, 0.1) is 12.3 Å². The van der Waals surface area contributed by atoms with Crippen LogP contribution in [0.25, 0.3) is 0 Å². The number of rotatable bonds is 4. The number of aliphatic imine (C=N–C) groups is 2. The molecule has 2 aliphatic rings. The van der Waals surface area contributed by atoms with Gasteiger partial charge in [0.15, 0.2) is 0 Å². The summed E-state index contributed by atoms with van der Waals surface area (Å²) in [5, 5.41) is 10.7. The van der Waals surface area contributed by atoms with Crippen molar-refractivity contribution in [1.82, 2.24) is 0 Å². The first-order chi connectivity index (χ1) is 10.6. The molecule has 1 radical (unpaired) electrons. The Morgan fingerprint density at radius 2 is 2.23 bits per heavy atom. The number of nitrogens with zero attached hydrogens (tertiary/aromatic N) is 2. The van der Waals surface area contributed by atoms with Gasteiger partial charge in [-0.1, -0.05) is 50.3 Å².